The molecule has 8 rings (SSSR count). The van der Waals surface area contributed by atoms with Gasteiger partial charge in [0, 0.05) is 38.7 Å². The van der Waals surface area contributed by atoms with Crippen molar-refractivity contribution in [3.05, 3.63) is 156 Å². The number of aryl methyl sites for hydroxylation is 2. The summed E-state index contributed by atoms with van der Waals surface area (Å²) in [6.07, 6.45) is 1.84. The predicted molar refractivity (Wildman–Crippen MR) is 222 cm³/mol. The first-order valence-corrected chi connectivity index (χ1v) is 18.7. The molecule has 0 radical (unpaired) electrons. The van der Waals surface area contributed by atoms with Crippen LogP contribution in [-0.4, -0.2) is 0 Å². The number of benzene rings is 4. The fraction of sp³-hybridized carbons (Fsp3) is 0.240. The van der Waals surface area contributed by atoms with Crippen LogP contribution in [0.25, 0.3) is 66.4 Å². The largest absolute Gasteiger partial charge is 0.496 e. The van der Waals surface area contributed by atoms with E-state index in [-0.39, 0.29) is 36.7 Å². The van der Waals surface area contributed by atoms with Crippen molar-refractivity contribution < 1.29 is 34.7 Å². The Morgan fingerprint density at radius 3 is 1.17 bits per heavy atom. The van der Waals surface area contributed by atoms with E-state index in [1.165, 1.54) is 54.9 Å². The predicted octanol–water partition coefficient (Wildman–Crippen LogP) is 14.7. The van der Waals surface area contributed by atoms with E-state index >= 15 is 0 Å². The van der Waals surface area contributed by atoms with Crippen molar-refractivity contribution in [1.82, 2.24) is 0 Å². The smallest absolute Gasteiger partial charge is 0.0924 e. The molecule has 0 unspecified atom stereocenters. The van der Waals surface area contributed by atoms with Crippen LogP contribution in [0.2, 0.25) is 0 Å². The molecule has 0 spiro atoms. The Morgan fingerprint density at radius 1 is 0.472 bits per heavy atom. The fourth-order valence-corrected chi connectivity index (χ4v) is 7.00. The number of rotatable bonds is 6. The third-order valence-corrected chi connectivity index (χ3v) is 10.2. The molecule has 0 aliphatic rings. The molecule has 268 valence electrons. The zero-order valence-electron chi connectivity index (χ0n) is 32.4. The van der Waals surface area contributed by atoms with Crippen LogP contribution in [0.1, 0.15) is 78.0 Å². The average molecular weight is 861 g/mol. The number of hydrogen-bond donors (Lipinski definition) is 0. The molecule has 0 atom stereocenters. The molecule has 2 aromatic heterocycles. The molecule has 8 aromatic rings. The van der Waals surface area contributed by atoms with Gasteiger partial charge in [0.2, 0.25) is 0 Å². The van der Waals surface area contributed by atoms with Gasteiger partial charge >= 0.3 is 0 Å². The summed E-state index contributed by atoms with van der Waals surface area (Å²) in [4.78, 5) is 0. The molecule has 0 saturated carbocycles. The molecular weight excluding hydrogens is 811 g/mol. The van der Waals surface area contributed by atoms with E-state index in [0.29, 0.717) is 0 Å². The van der Waals surface area contributed by atoms with Crippen molar-refractivity contribution in [2.75, 3.05) is 0 Å². The van der Waals surface area contributed by atoms with Gasteiger partial charge < -0.3 is 8.83 Å². The van der Waals surface area contributed by atoms with E-state index in [1.54, 1.807) is 0 Å². The maximum Gasteiger partial charge on any atom is 0.0924 e. The second kappa shape index (κ2) is 15.5. The van der Waals surface area contributed by atoms with Crippen molar-refractivity contribution in [1.29, 1.82) is 0 Å². The van der Waals surface area contributed by atoms with Crippen molar-refractivity contribution in [3.8, 4) is 44.9 Å². The van der Waals surface area contributed by atoms with Crippen LogP contribution in [0, 0.1) is 0 Å². The first-order valence-electron chi connectivity index (χ1n) is 18.7. The molecule has 0 amide bonds. The van der Waals surface area contributed by atoms with Gasteiger partial charge in [-0.15, -0.1) is 57.9 Å². The molecule has 0 aliphatic heterocycles. The summed E-state index contributed by atoms with van der Waals surface area (Å²) >= 11 is 0. The Balaban J connectivity index is 0.000000178. The fourth-order valence-electron chi connectivity index (χ4n) is 7.00. The summed E-state index contributed by atoms with van der Waals surface area (Å²) < 4.78 is 11.9. The first kappa shape index (κ1) is 38.3. The topological polar surface area (TPSA) is 26.3 Å². The second-order valence-corrected chi connectivity index (χ2v) is 16.0. The minimum absolute atomic E-state index is 0. The molecule has 0 aliphatic carbocycles. The summed E-state index contributed by atoms with van der Waals surface area (Å²) in [6.45, 7) is 17.7. The van der Waals surface area contributed by atoms with Crippen LogP contribution in [-0.2, 0) is 49.5 Å². The Morgan fingerprint density at radius 2 is 0.849 bits per heavy atom. The molecule has 0 fully saturated rings. The van der Waals surface area contributed by atoms with E-state index in [9.17, 15) is 0 Å². The summed E-state index contributed by atoms with van der Waals surface area (Å²) in [5, 5.41) is 5.07. The Hall–Kier alpha value is -4.47. The van der Waals surface area contributed by atoms with Gasteiger partial charge in [-0.2, -0.15) is 0 Å². The molecule has 53 heavy (non-hydrogen) atoms. The molecule has 2 heterocycles. The van der Waals surface area contributed by atoms with Crippen molar-refractivity contribution in [2.24, 2.45) is 0 Å². The van der Waals surface area contributed by atoms with Crippen molar-refractivity contribution in [2.45, 2.75) is 79.1 Å². The van der Waals surface area contributed by atoms with Crippen LogP contribution in [0.15, 0.2) is 142 Å². The Kier molecular flexibility index (Phi) is 11.2. The molecule has 2 nitrogen and oxygen atoms in total. The van der Waals surface area contributed by atoms with Gasteiger partial charge in [0.1, 0.15) is 0 Å². The first-order chi connectivity index (χ1) is 24.9. The maximum atomic E-state index is 5.95. The van der Waals surface area contributed by atoms with Gasteiger partial charge in [0.15, 0.2) is 0 Å². The quantitative estimate of drug-likeness (QED) is 0.123. The van der Waals surface area contributed by atoms with Crippen LogP contribution >= 0.6 is 0 Å². The van der Waals surface area contributed by atoms with E-state index in [2.05, 4.69) is 189 Å². The summed E-state index contributed by atoms with van der Waals surface area (Å²) in [5.41, 5.74) is 10.4. The van der Waals surface area contributed by atoms with E-state index in [0.717, 1.165) is 47.0 Å². The third kappa shape index (κ3) is 8.21. The monoisotopic (exact) mass is 862 g/mol. The molecule has 3 heteroatoms. The van der Waals surface area contributed by atoms with Gasteiger partial charge in [0.05, 0.1) is 23.0 Å². The van der Waals surface area contributed by atoms with Crippen molar-refractivity contribution in [3.63, 3.8) is 0 Å². The zero-order chi connectivity index (χ0) is 36.6. The van der Waals surface area contributed by atoms with Gasteiger partial charge in [-0.25, -0.2) is 0 Å². The molecule has 0 saturated heterocycles. The minimum atomic E-state index is 0. The van der Waals surface area contributed by atoms with E-state index in [1.807, 2.05) is 0 Å². The standard InChI is InChI=1S/2C25H25O.Hf/c2*1-5-21-13-14-24(26-21)19-15-18-7-6-8-22(23(18)16-19)17-9-11-20(12-10-17)25(2,3)4;/h2*6-16H,5H2,1-4H3;/q2*-1;. The normalized spacial score (nSPS) is 11.8. The average Bonchev–Trinajstić information content (AvgIpc) is 3.96. The minimum Gasteiger partial charge on any atom is -0.496 e. The van der Waals surface area contributed by atoms with Gasteiger partial charge in [0.25, 0.3) is 0 Å². The maximum absolute atomic E-state index is 5.95. The SMILES string of the molecule is CCc1ccc(-c2cc3c(-c4ccc(C(C)(C)C)cc4)cccc3[cH-]2)o1.CCc1ccc(-c2cc3c(-c4ccc(C(C)(C)C)cc4)cccc3[cH-]2)o1.[Hf]. The Bertz CT molecular complexity index is 2250. The molecule has 0 bridgehead atoms. The van der Waals surface area contributed by atoms with E-state index in [4.69, 9.17) is 8.83 Å². The van der Waals surface area contributed by atoms with Crippen LogP contribution < -0.4 is 0 Å². The van der Waals surface area contributed by atoms with Crippen LogP contribution in [0.4, 0.5) is 0 Å². The Labute approximate surface area is 334 Å². The second-order valence-electron chi connectivity index (χ2n) is 16.0. The summed E-state index contributed by atoms with van der Waals surface area (Å²) in [6, 6.07) is 48.2. The molecular formula is C50H50HfO2-2. The number of furan rings is 2. The zero-order valence-corrected chi connectivity index (χ0v) is 36.0. The third-order valence-electron chi connectivity index (χ3n) is 10.2. The van der Waals surface area contributed by atoms with Crippen LogP contribution in [0.3, 0.4) is 0 Å². The van der Waals surface area contributed by atoms with Gasteiger partial charge in [-0.05, 0) is 57.3 Å². The van der Waals surface area contributed by atoms with Crippen molar-refractivity contribution >= 4 is 21.5 Å². The summed E-state index contributed by atoms with van der Waals surface area (Å²) in [5.74, 6) is 3.96. The molecule has 0 N–H and O–H groups in total. The van der Waals surface area contributed by atoms with Gasteiger partial charge in [-0.3, -0.25) is 0 Å². The summed E-state index contributed by atoms with van der Waals surface area (Å²) in [7, 11) is 0. The number of fused-ring (bicyclic) bond motifs is 2. The van der Waals surface area contributed by atoms with E-state index < -0.39 is 0 Å². The number of hydrogen-bond acceptors (Lipinski definition) is 2. The van der Waals surface area contributed by atoms with Crippen LogP contribution in [0.5, 0.6) is 0 Å². The molecule has 6 aromatic carbocycles. The van der Waals surface area contributed by atoms with Gasteiger partial charge in [-0.1, -0.05) is 150 Å².